The molecule has 0 aliphatic rings. The molecule has 0 aliphatic carbocycles. The molecule has 1 N–H and O–H groups in total. The maximum Gasteiger partial charge on any atom is 0.121 e. The van der Waals surface area contributed by atoms with E-state index < -0.39 is 0 Å². The highest BCUT2D eigenvalue weighted by Gasteiger charge is 2.16. The van der Waals surface area contributed by atoms with Crippen molar-refractivity contribution in [3.8, 4) is 45.0 Å². The molecule has 7 heteroatoms. The third-order valence-electron chi connectivity index (χ3n) is 7.24. The van der Waals surface area contributed by atoms with Crippen molar-refractivity contribution < 1.29 is 0 Å². The van der Waals surface area contributed by atoms with E-state index in [9.17, 15) is 0 Å². The number of rotatable bonds is 12. The predicted octanol–water partition coefficient (Wildman–Crippen LogP) is 9.49. The lowest BCUT2D eigenvalue weighted by Crippen LogP contribution is -2.03. The average Bonchev–Trinajstić information content (AvgIpc) is 3.75. The highest BCUT2D eigenvalue weighted by atomic mass is 79.9. The highest BCUT2D eigenvalue weighted by molar-refractivity contribution is 9.09. The molecule has 43 heavy (non-hydrogen) atoms. The largest absolute Gasteiger partial charge is 0.257 e. The fraction of sp³-hybridized carbons (Fsp3) is 0.222. The fourth-order valence-corrected chi connectivity index (χ4v) is 5.43. The molecule has 2 aromatic heterocycles. The lowest BCUT2D eigenvalue weighted by molar-refractivity contribution is 0.520. The van der Waals surface area contributed by atoms with Gasteiger partial charge in [0.2, 0.25) is 0 Å². The van der Waals surface area contributed by atoms with Crippen LogP contribution in [-0.4, -0.2) is 35.7 Å². The van der Waals surface area contributed by atoms with Crippen LogP contribution in [0.25, 0.3) is 45.0 Å². The molecule has 0 saturated heterocycles. The summed E-state index contributed by atoms with van der Waals surface area (Å²) in [5, 5.41) is 21.1. The summed E-state index contributed by atoms with van der Waals surface area (Å²) in [6.45, 7) is 0.919. The van der Waals surface area contributed by atoms with E-state index in [-0.39, 0.29) is 0 Å². The third kappa shape index (κ3) is 8.36. The van der Waals surface area contributed by atoms with Gasteiger partial charge < -0.3 is 0 Å². The number of unbranched alkanes of at least 4 members (excludes halogenated alkanes) is 5. The number of alkyl halides is 1. The zero-order valence-electron chi connectivity index (χ0n) is 24.3. The maximum absolute atomic E-state index is 4.51. The summed E-state index contributed by atoms with van der Waals surface area (Å²) >= 11 is 3.50. The van der Waals surface area contributed by atoms with Crippen molar-refractivity contribution in [2.75, 3.05) is 5.33 Å². The molecule has 0 atom stereocenters. The Morgan fingerprint density at radius 3 is 1.58 bits per heavy atom. The van der Waals surface area contributed by atoms with E-state index >= 15 is 0 Å². The van der Waals surface area contributed by atoms with Crippen LogP contribution in [0.15, 0.2) is 121 Å². The summed E-state index contributed by atoms with van der Waals surface area (Å²) in [6, 6.07) is 41.0. The number of aromatic nitrogens is 6. The zero-order chi connectivity index (χ0) is 29.5. The monoisotopic (exact) mass is 632 g/mol. The first-order chi connectivity index (χ1) is 21.3. The second-order valence-electron chi connectivity index (χ2n) is 10.3. The van der Waals surface area contributed by atoms with Crippen LogP contribution in [0.1, 0.15) is 38.5 Å². The van der Waals surface area contributed by atoms with Crippen LogP contribution in [0.5, 0.6) is 0 Å². The molecule has 0 bridgehead atoms. The zero-order valence-corrected chi connectivity index (χ0v) is 25.9. The number of hydrogen-bond donors (Lipinski definition) is 1. The van der Waals surface area contributed by atoms with Gasteiger partial charge in [-0.2, -0.15) is 0 Å². The summed E-state index contributed by atoms with van der Waals surface area (Å²) in [6.07, 6.45) is 7.62. The second kappa shape index (κ2) is 16.3. The number of aryl methyl sites for hydroxylation is 1. The number of halogens is 1. The number of nitrogens with one attached hydrogen (secondary N) is 1. The number of aromatic amines is 1. The number of hydrogen-bond acceptors (Lipinski definition) is 4. The quantitative estimate of drug-likeness (QED) is 0.108. The predicted molar refractivity (Wildman–Crippen MR) is 180 cm³/mol. The fourth-order valence-electron chi connectivity index (χ4n) is 5.04. The maximum atomic E-state index is 4.51. The van der Waals surface area contributed by atoms with E-state index in [0.717, 1.165) is 57.8 Å². The average molecular weight is 634 g/mol. The van der Waals surface area contributed by atoms with Gasteiger partial charge >= 0.3 is 0 Å². The minimum Gasteiger partial charge on any atom is -0.257 e. The first-order valence-electron chi connectivity index (χ1n) is 15.0. The summed E-state index contributed by atoms with van der Waals surface area (Å²) < 4.78 is 2.08. The van der Waals surface area contributed by atoms with Crippen molar-refractivity contribution in [1.29, 1.82) is 0 Å². The van der Waals surface area contributed by atoms with Crippen molar-refractivity contribution in [2.45, 2.75) is 45.1 Å². The Balaban J connectivity index is 0.000000186. The molecule has 0 saturated carbocycles. The molecule has 6 rings (SSSR count). The Morgan fingerprint density at radius 1 is 0.512 bits per heavy atom. The standard InChI is InChI=1S/C22H26BrN3.C14H11N3/c23-17-11-3-1-2-4-12-18-26-22(20-15-9-6-10-16-20)21(24-25-26)19-13-7-5-8-14-19;1-3-7-11(8-4-1)13-14(16-17-15-13)12-9-5-2-6-10-12/h5-10,13-16H,1-4,11-12,17-18H2;1-10H,(H,15,16,17). The molecule has 0 amide bonds. The van der Waals surface area contributed by atoms with Crippen molar-refractivity contribution in [3.63, 3.8) is 0 Å². The van der Waals surface area contributed by atoms with Crippen molar-refractivity contribution in [3.05, 3.63) is 121 Å². The normalized spacial score (nSPS) is 10.7. The molecule has 2 heterocycles. The summed E-state index contributed by atoms with van der Waals surface area (Å²) in [7, 11) is 0. The SMILES string of the molecule is BrCCCCCCCCn1nnc(-c2ccccc2)c1-c1ccccc1.c1ccc(-c2nn[nH]c2-c2ccccc2)cc1. The lowest BCUT2D eigenvalue weighted by atomic mass is 10.0. The van der Waals surface area contributed by atoms with E-state index in [1.165, 1.54) is 37.7 Å². The molecular weight excluding hydrogens is 596 g/mol. The van der Waals surface area contributed by atoms with Crippen LogP contribution in [0.4, 0.5) is 0 Å². The first-order valence-corrected chi connectivity index (χ1v) is 16.1. The minimum atomic E-state index is 0.886. The lowest BCUT2D eigenvalue weighted by Gasteiger charge is -2.09. The van der Waals surface area contributed by atoms with Gasteiger partial charge in [0.25, 0.3) is 0 Å². The number of benzene rings is 4. The van der Waals surface area contributed by atoms with Crippen LogP contribution < -0.4 is 0 Å². The molecule has 6 nitrogen and oxygen atoms in total. The van der Waals surface area contributed by atoms with Gasteiger partial charge in [0, 0.05) is 34.1 Å². The molecular formula is C36H37BrN6. The molecule has 0 spiro atoms. The van der Waals surface area contributed by atoms with Crippen LogP contribution in [0, 0.1) is 0 Å². The van der Waals surface area contributed by atoms with Crippen molar-refractivity contribution >= 4 is 15.9 Å². The van der Waals surface area contributed by atoms with Crippen molar-refractivity contribution in [1.82, 2.24) is 30.4 Å². The Hall–Kier alpha value is -4.36. The first kappa shape index (κ1) is 30.1. The van der Waals surface area contributed by atoms with Crippen molar-refractivity contribution in [2.24, 2.45) is 0 Å². The molecule has 4 aromatic carbocycles. The molecule has 218 valence electrons. The smallest absolute Gasteiger partial charge is 0.121 e. The van der Waals surface area contributed by atoms with E-state index in [2.05, 4.69) is 94.9 Å². The van der Waals surface area contributed by atoms with Gasteiger partial charge in [-0.25, -0.2) is 4.68 Å². The Labute approximate surface area is 262 Å². The molecule has 6 aromatic rings. The van der Waals surface area contributed by atoms with E-state index in [1.54, 1.807) is 0 Å². The molecule has 0 fully saturated rings. The molecule has 0 unspecified atom stereocenters. The van der Waals surface area contributed by atoms with Gasteiger partial charge in [-0.3, -0.25) is 5.10 Å². The van der Waals surface area contributed by atoms with Gasteiger partial charge in [-0.15, -0.1) is 10.2 Å². The number of nitrogens with zero attached hydrogens (tertiary/aromatic N) is 5. The van der Waals surface area contributed by atoms with Crippen LogP contribution >= 0.6 is 15.9 Å². The van der Waals surface area contributed by atoms with Gasteiger partial charge in [0.15, 0.2) is 0 Å². The third-order valence-corrected chi connectivity index (χ3v) is 7.80. The van der Waals surface area contributed by atoms with E-state index in [0.29, 0.717) is 0 Å². The summed E-state index contributed by atoms with van der Waals surface area (Å²) in [4.78, 5) is 0. The van der Waals surface area contributed by atoms with Gasteiger partial charge in [0.05, 0.1) is 11.4 Å². The second-order valence-corrected chi connectivity index (χ2v) is 11.1. The topological polar surface area (TPSA) is 72.3 Å². The van der Waals surface area contributed by atoms with E-state index in [1.807, 2.05) is 72.8 Å². The summed E-state index contributed by atoms with van der Waals surface area (Å²) in [5.74, 6) is 0. The van der Waals surface area contributed by atoms with Gasteiger partial charge in [0.1, 0.15) is 11.4 Å². The van der Waals surface area contributed by atoms with Crippen LogP contribution in [-0.2, 0) is 6.54 Å². The van der Waals surface area contributed by atoms with Crippen LogP contribution in [0.2, 0.25) is 0 Å². The van der Waals surface area contributed by atoms with Crippen LogP contribution in [0.3, 0.4) is 0 Å². The van der Waals surface area contributed by atoms with Gasteiger partial charge in [-0.05, 0) is 12.8 Å². The Kier molecular flexibility index (Phi) is 11.4. The van der Waals surface area contributed by atoms with E-state index in [4.69, 9.17) is 0 Å². The summed E-state index contributed by atoms with van der Waals surface area (Å²) in [5.41, 5.74) is 8.39. The Morgan fingerprint density at radius 2 is 1.00 bits per heavy atom. The Bertz CT molecular complexity index is 1560. The van der Waals surface area contributed by atoms with Gasteiger partial charge in [-0.1, -0.05) is 173 Å². The minimum absolute atomic E-state index is 0.886. The highest BCUT2D eigenvalue weighted by Crippen LogP contribution is 2.30. The number of H-pyrrole nitrogens is 1. The molecule has 0 radical (unpaired) electrons. The molecule has 0 aliphatic heterocycles.